The zero-order valence-corrected chi connectivity index (χ0v) is 17.4. The Hall–Kier alpha value is -2.32. The van der Waals surface area contributed by atoms with Crippen molar-refractivity contribution in [1.29, 1.82) is 0 Å². The predicted molar refractivity (Wildman–Crippen MR) is 113 cm³/mol. The molecule has 2 aliphatic rings. The molecule has 3 rings (SSSR count). The molecule has 4 N–H and O–H groups in total. The number of fused-ring (bicyclic) bond motifs is 1. The third-order valence-corrected chi connectivity index (χ3v) is 5.40. The van der Waals surface area contributed by atoms with Gasteiger partial charge in [0.25, 0.3) is 0 Å². The number of rotatable bonds is 5. The minimum atomic E-state index is -0.225. The third kappa shape index (κ3) is 6.08. The number of carbonyl (C=O) groups is 3. The van der Waals surface area contributed by atoms with Gasteiger partial charge in [0, 0.05) is 39.3 Å². The van der Waals surface area contributed by atoms with E-state index in [0.717, 1.165) is 24.8 Å². The molecule has 1 atom stereocenters. The smallest absolute Gasteiger partial charge is 0.318 e. The Morgan fingerprint density at radius 2 is 1.83 bits per heavy atom. The lowest BCUT2D eigenvalue weighted by Gasteiger charge is -2.33. The van der Waals surface area contributed by atoms with Crippen molar-refractivity contribution in [3.63, 3.8) is 0 Å². The maximum Gasteiger partial charge on any atom is 0.318 e. The first-order valence-electron chi connectivity index (χ1n) is 9.93. The molecule has 4 amide bonds. The number of urea groups is 1. The molecule has 1 saturated heterocycles. The van der Waals surface area contributed by atoms with Crippen LogP contribution in [0.25, 0.3) is 0 Å². The summed E-state index contributed by atoms with van der Waals surface area (Å²) in [6, 6.07) is 7.88. The number of benzene rings is 1. The molecule has 0 radical (unpaired) electrons. The number of carbonyl (C=O) groups excluding carboxylic acids is 3. The highest BCUT2D eigenvalue weighted by molar-refractivity contribution is 5.86. The standard InChI is InChI=1S/C20H29N5O3.ClH/c21-8-9-22-19(27)17-6-3-10-24(14-17)18(26)12-23-20(28)25-11-7-15-4-1-2-5-16(15)13-25;/h1-2,4-5,17H,3,6-14,21H2,(H,22,27)(H,23,28);1H. The predicted octanol–water partition coefficient (Wildman–Crippen LogP) is 0.490. The fourth-order valence-corrected chi connectivity index (χ4v) is 3.80. The average molecular weight is 424 g/mol. The quantitative estimate of drug-likeness (QED) is 0.640. The third-order valence-electron chi connectivity index (χ3n) is 5.40. The van der Waals surface area contributed by atoms with Crippen LogP contribution in [0.15, 0.2) is 24.3 Å². The van der Waals surface area contributed by atoms with Gasteiger partial charge in [-0.2, -0.15) is 0 Å². The van der Waals surface area contributed by atoms with Gasteiger partial charge in [0.15, 0.2) is 0 Å². The van der Waals surface area contributed by atoms with Crippen LogP contribution >= 0.6 is 12.4 Å². The van der Waals surface area contributed by atoms with Crippen LogP contribution in [0.2, 0.25) is 0 Å². The lowest BCUT2D eigenvalue weighted by Crippen LogP contribution is -2.50. The summed E-state index contributed by atoms with van der Waals surface area (Å²) in [6.07, 6.45) is 2.37. The van der Waals surface area contributed by atoms with Crippen LogP contribution in [0, 0.1) is 5.92 Å². The molecule has 1 unspecified atom stereocenters. The highest BCUT2D eigenvalue weighted by Crippen LogP contribution is 2.19. The van der Waals surface area contributed by atoms with Crippen LogP contribution in [0.3, 0.4) is 0 Å². The fourth-order valence-electron chi connectivity index (χ4n) is 3.80. The molecular weight excluding hydrogens is 394 g/mol. The number of piperidine rings is 1. The van der Waals surface area contributed by atoms with Crippen molar-refractivity contribution >= 4 is 30.3 Å². The van der Waals surface area contributed by atoms with Gasteiger partial charge in [-0.1, -0.05) is 24.3 Å². The van der Waals surface area contributed by atoms with Crippen LogP contribution in [0.4, 0.5) is 4.79 Å². The largest absolute Gasteiger partial charge is 0.355 e. The minimum absolute atomic E-state index is 0. The van der Waals surface area contributed by atoms with Gasteiger partial charge in [0.05, 0.1) is 12.5 Å². The van der Waals surface area contributed by atoms with Gasteiger partial charge in [0.1, 0.15) is 0 Å². The van der Waals surface area contributed by atoms with Crippen molar-refractivity contribution in [2.45, 2.75) is 25.8 Å². The first-order chi connectivity index (χ1) is 13.6. The number of nitrogens with two attached hydrogens (primary N) is 1. The van der Waals surface area contributed by atoms with Gasteiger partial charge in [-0.3, -0.25) is 9.59 Å². The number of nitrogens with zero attached hydrogens (tertiary/aromatic N) is 2. The first-order valence-corrected chi connectivity index (χ1v) is 9.93. The van der Waals surface area contributed by atoms with E-state index in [0.29, 0.717) is 39.3 Å². The number of amides is 4. The van der Waals surface area contributed by atoms with Crippen molar-refractivity contribution in [3.05, 3.63) is 35.4 Å². The van der Waals surface area contributed by atoms with Gasteiger partial charge >= 0.3 is 6.03 Å². The fraction of sp³-hybridized carbons (Fsp3) is 0.550. The molecule has 1 fully saturated rings. The number of hydrogen-bond donors (Lipinski definition) is 3. The molecule has 0 saturated carbocycles. The Balaban J connectivity index is 0.00000300. The van der Waals surface area contributed by atoms with Crippen molar-refractivity contribution in [3.8, 4) is 0 Å². The van der Waals surface area contributed by atoms with E-state index in [9.17, 15) is 14.4 Å². The SMILES string of the molecule is Cl.NCCNC(=O)C1CCCN(C(=O)CNC(=O)N2CCc3ccccc3C2)C1. The van der Waals surface area contributed by atoms with E-state index in [1.165, 1.54) is 5.56 Å². The summed E-state index contributed by atoms with van der Waals surface area (Å²) in [6.45, 7) is 3.00. The summed E-state index contributed by atoms with van der Waals surface area (Å²) in [4.78, 5) is 40.5. The van der Waals surface area contributed by atoms with Gasteiger partial charge < -0.3 is 26.2 Å². The molecule has 2 heterocycles. The van der Waals surface area contributed by atoms with Crippen LogP contribution in [0.1, 0.15) is 24.0 Å². The zero-order valence-electron chi connectivity index (χ0n) is 16.6. The summed E-state index contributed by atoms with van der Waals surface area (Å²) in [5, 5.41) is 5.52. The van der Waals surface area contributed by atoms with Crippen LogP contribution in [-0.2, 0) is 22.6 Å². The second-order valence-electron chi connectivity index (χ2n) is 7.36. The van der Waals surface area contributed by atoms with Gasteiger partial charge in [-0.15, -0.1) is 12.4 Å². The van der Waals surface area contributed by atoms with Crippen LogP contribution < -0.4 is 16.4 Å². The molecule has 9 heteroatoms. The maximum atomic E-state index is 12.5. The van der Waals surface area contributed by atoms with E-state index in [4.69, 9.17) is 5.73 Å². The molecule has 29 heavy (non-hydrogen) atoms. The van der Waals surface area contributed by atoms with E-state index < -0.39 is 0 Å². The van der Waals surface area contributed by atoms with Crippen LogP contribution in [0.5, 0.6) is 0 Å². The lowest BCUT2D eigenvalue weighted by molar-refractivity contribution is -0.134. The molecule has 8 nitrogen and oxygen atoms in total. The van der Waals surface area contributed by atoms with E-state index in [1.54, 1.807) is 9.80 Å². The Bertz CT molecular complexity index is 730. The second kappa shape index (κ2) is 11.0. The summed E-state index contributed by atoms with van der Waals surface area (Å²) in [5.41, 5.74) is 7.84. The number of hydrogen-bond acceptors (Lipinski definition) is 4. The van der Waals surface area contributed by atoms with Crippen LogP contribution in [-0.4, -0.2) is 66.9 Å². The van der Waals surface area contributed by atoms with Crippen molar-refractivity contribution in [2.75, 3.05) is 39.3 Å². The van der Waals surface area contributed by atoms with Crippen molar-refractivity contribution in [1.82, 2.24) is 20.4 Å². The summed E-state index contributed by atoms with van der Waals surface area (Å²) >= 11 is 0. The molecule has 1 aromatic carbocycles. The highest BCUT2D eigenvalue weighted by Gasteiger charge is 2.28. The molecule has 0 aromatic heterocycles. The molecule has 1 aromatic rings. The van der Waals surface area contributed by atoms with Crippen molar-refractivity contribution in [2.24, 2.45) is 11.7 Å². The van der Waals surface area contributed by atoms with E-state index in [-0.39, 0.29) is 42.7 Å². The average Bonchev–Trinajstić information content (AvgIpc) is 2.75. The Kier molecular flexibility index (Phi) is 8.72. The molecular formula is C20H30ClN5O3. The topological polar surface area (TPSA) is 108 Å². The Morgan fingerprint density at radius 3 is 2.59 bits per heavy atom. The zero-order chi connectivity index (χ0) is 19.9. The molecule has 160 valence electrons. The normalized spacial score (nSPS) is 18.3. The lowest BCUT2D eigenvalue weighted by atomic mass is 9.97. The summed E-state index contributed by atoms with van der Waals surface area (Å²) < 4.78 is 0. The van der Waals surface area contributed by atoms with E-state index in [1.807, 2.05) is 18.2 Å². The number of nitrogens with one attached hydrogen (secondary N) is 2. The van der Waals surface area contributed by atoms with Crippen molar-refractivity contribution < 1.29 is 14.4 Å². The molecule has 2 aliphatic heterocycles. The summed E-state index contributed by atoms with van der Waals surface area (Å²) in [5.74, 6) is -0.417. The Labute approximate surface area is 177 Å². The number of halogens is 1. The number of likely N-dealkylation sites (tertiary alicyclic amines) is 1. The molecule has 0 bridgehead atoms. The minimum Gasteiger partial charge on any atom is -0.355 e. The second-order valence-corrected chi connectivity index (χ2v) is 7.36. The van der Waals surface area contributed by atoms with E-state index >= 15 is 0 Å². The van der Waals surface area contributed by atoms with Gasteiger partial charge in [-0.25, -0.2) is 4.79 Å². The Morgan fingerprint density at radius 1 is 1.07 bits per heavy atom. The summed E-state index contributed by atoms with van der Waals surface area (Å²) in [7, 11) is 0. The van der Waals surface area contributed by atoms with E-state index in [2.05, 4.69) is 16.7 Å². The maximum absolute atomic E-state index is 12.5. The van der Waals surface area contributed by atoms with Gasteiger partial charge in [-0.05, 0) is 30.4 Å². The first kappa shape index (κ1) is 23.0. The highest BCUT2D eigenvalue weighted by atomic mass is 35.5. The monoisotopic (exact) mass is 423 g/mol. The molecule has 0 aliphatic carbocycles. The van der Waals surface area contributed by atoms with Gasteiger partial charge in [0.2, 0.25) is 11.8 Å². The molecule has 0 spiro atoms.